The summed E-state index contributed by atoms with van der Waals surface area (Å²) in [5, 5.41) is 0. The molecule has 3 heteroatoms. The van der Waals surface area contributed by atoms with Crippen molar-refractivity contribution >= 4 is 0 Å². The Morgan fingerprint density at radius 2 is 1.83 bits per heavy atom. The Bertz CT molecular complexity index is 206. The van der Waals surface area contributed by atoms with Crippen LogP contribution < -0.4 is 4.57 Å². The molecule has 0 amide bonds. The van der Waals surface area contributed by atoms with Gasteiger partial charge >= 0.3 is 0 Å². The highest BCUT2D eigenvalue weighted by Gasteiger charge is 2.15. The molecule has 0 spiro atoms. The summed E-state index contributed by atoms with van der Waals surface area (Å²) in [4.78, 5) is 3.25. The summed E-state index contributed by atoms with van der Waals surface area (Å²) in [7, 11) is 0. The Labute approximate surface area is 73.7 Å². The van der Waals surface area contributed by atoms with E-state index >= 15 is 0 Å². The van der Waals surface area contributed by atoms with E-state index in [9.17, 15) is 0 Å². The average molecular weight is 170 g/mol. The lowest BCUT2D eigenvalue weighted by Gasteiger charge is -2.05. The molecule has 0 aromatic carbocycles. The van der Waals surface area contributed by atoms with Crippen LogP contribution in [0.2, 0.25) is 0 Å². The fourth-order valence-corrected chi connectivity index (χ4v) is 1.27. The highest BCUT2D eigenvalue weighted by Crippen LogP contribution is 2.07. The summed E-state index contributed by atoms with van der Waals surface area (Å²) < 4.78 is 2.27. The molecule has 0 radical (unpaired) electrons. The number of aromatic nitrogens is 2. The maximum absolute atomic E-state index is 3.25. The molecule has 1 aromatic heterocycles. The largest absolute Gasteiger partial charge is 0.870 e. The minimum absolute atomic E-state index is 0. The van der Waals surface area contributed by atoms with Crippen LogP contribution in [0.4, 0.5) is 0 Å². The van der Waals surface area contributed by atoms with Crippen LogP contribution in [0, 0.1) is 0 Å². The minimum atomic E-state index is 0. The number of hydrogen-bond acceptors (Lipinski definition) is 1. The highest BCUT2D eigenvalue weighted by atomic mass is 16.0. The lowest BCUT2D eigenvalue weighted by atomic mass is 10.2. The van der Waals surface area contributed by atoms with E-state index in [0.717, 1.165) is 0 Å². The van der Waals surface area contributed by atoms with E-state index in [1.807, 2.05) is 6.20 Å². The molecule has 1 aromatic rings. The first kappa shape index (κ1) is 11.2. The molecule has 0 saturated carbocycles. The molecule has 1 heterocycles. The number of imidazole rings is 1. The van der Waals surface area contributed by atoms with Crippen molar-refractivity contribution in [3.05, 3.63) is 18.2 Å². The van der Waals surface area contributed by atoms with Gasteiger partial charge in [-0.25, -0.2) is 9.55 Å². The molecule has 0 saturated heterocycles. The summed E-state index contributed by atoms with van der Waals surface area (Å²) in [5.41, 5.74) is 0. The van der Waals surface area contributed by atoms with Crippen LogP contribution in [-0.2, 0) is 0 Å². The Morgan fingerprint density at radius 1 is 1.25 bits per heavy atom. The van der Waals surface area contributed by atoms with Gasteiger partial charge in [0.25, 0.3) is 5.82 Å². The average Bonchev–Trinajstić information content (AvgIpc) is 2.32. The van der Waals surface area contributed by atoms with Crippen LogP contribution in [0.15, 0.2) is 12.4 Å². The zero-order valence-electron chi connectivity index (χ0n) is 8.20. The molecule has 0 aliphatic carbocycles. The van der Waals surface area contributed by atoms with Crippen LogP contribution in [0.25, 0.3) is 0 Å². The third-order valence-corrected chi connectivity index (χ3v) is 1.85. The number of aromatic amines is 1. The van der Waals surface area contributed by atoms with Gasteiger partial charge in [0.2, 0.25) is 0 Å². The molecule has 70 valence electrons. The van der Waals surface area contributed by atoms with Gasteiger partial charge in [-0.2, -0.15) is 0 Å². The Balaban J connectivity index is 0.00000121. The SMILES string of the molecule is CC(C)c1[nH]cc[n+]1C(C)C.[OH-]. The fourth-order valence-electron chi connectivity index (χ4n) is 1.27. The van der Waals surface area contributed by atoms with Crippen molar-refractivity contribution in [2.24, 2.45) is 0 Å². The number of rotatable bonds is 2. The van der Waals surface area contributed by atoms with E-state index in [1.54, 1.807) is 0 Å². The van der Waals surface area contributed by atoms with Crippen LogP contribution in [0.1, 0.15) is 45.5 Å². The summed E-state index contributed by atoms with van der Waals surface area (Å²) in [5.74, 6) is 1.88. The second kappa shape index (κ2) is 4.26. The third kappa shape index (κ3) is 2.08. The number of nitrogens with zero attached hydrogens (tertiary/aromatic N) is 1. The van der Waals surface area contributed by atoms with E-state index in [2.05, 4.69) is 43.4 Å². The fraction of sp³-hybridized carbons (Fsp3) is 0.667. The molecule has 0 aliphatic heterocycles. The van der Waals surface area contributed by atoms with E-state index in [-0.39, 0.29) is 5.48 Å². The van der Waals surface area contributed by atoms with Gasteiger partial charge < -0.3 is 5.48 Å². The molecule has 3 nitrogen and oxygen atoms in total. The van der Waals surface area contributed by atoms with Crippen LogP contribution in [0.5, 0.6) is 0 Å². The summed E-state index contributed by atoms with van der Waals surface area (Å²) >= 11 is 0. The molecular formula is C9H18N2O. The number of nitrogens with one attached hydrogen (secondary N) is 1. The maximum atomic E-state index is 3.25. The van der Waals surface area contributed by atoms with Gasteiger partial charge in [0.1, 0.15) is 12.4 Å². The topological polar surface area (TPSA) is 49.7 Å². The van der Waals surface area contributed by atoms with Gasteiger partial charge in [-0.05, 0) is 13.8 Å². The van der Waals surface area contributed by atoms with Crippen molar-refractivity contribution in [2.45, 2.75) is 39.7 Å². The quantitative estimate of drug-likeness (QED) is 0.676. The van der Waals surface area contributed by atoms with Gasteiger partial charge in [-0.15, -0.1) is 0 Å². The molecule has 2 N–H and O–H groups in total. The van der Waals surface area contributed by atoms with Crippen LogP contribution in [0.3, 0.4) is 0 Å². The van der Waals surface area contributed by atoms with Crippen LogP contribution >= 0.6 is 0 Å². The normalized spacial score (nSPS) is 10.5. The number of H-pyrrole nitrogens is 1. The monoisotopic (exact) mass is 170 g/mol. The summed E-state index contributed by atoms with van der Waals surface area (Å²) in [6.45, 7) is 8.79. The third-order valence-electron chi connectivity index (χ3n) is 1.85. The summed E-state index contributed by atoms with van der Waals surface area (Å²) in [6.07, 6.45) is 4.09. The van der Waals surface area contributed by atoms with Crippen molar-refractivity contribution < 1.29 is 10.0 Å². The van der Waals surface area contributed by atoms with Crippen molar-refractivity contribution in [2.75, 3.05) is 0 Å². The van der Waals surface area contributed by atoms with E-state index < -0.39 is 0 Å². The van der Waals surface area contributed by atoms with Gasteiger partial charge in [-0.1, -0.05) is 13.8 Å². The van der Waals surface area contributed by atoms with Gasteiger partial charge in [-0.3, -0.25) is 0 Å². The van der Waals surface area contributed by atoms with Gasteiger partial charge in [0, 0.05) is 0 Å². The standard InChI is InChI=1S/C9H16N2.H2O/c1-7(2)9-10-5-6-11(9)8(3)4;/h5-8H,1-4H3;1H2. The molecule has 0 bridgehead atoms. The molecule has 0 atom stereocenters. The van der Waals surface area contributed by atoms with Crippen molar-refractivity contribution in [3.8, 4) is 0 Å². The number of hydrogen-bond donors (Lipinski definition) is 1. The van der Waals surface area contributed by atoms with Crippen LogP contribution in [-0.4, -0.2) is 10.5 Å². The summed E-state index contributed by atoms with van der Waals surface area (Å²) in [6, 6.07) is 0.554. The predicted molar refractivity (Wildman–Crippen MR) is 47.4 cm³/mol. The van der Waals surface area contributed by atoms with Gasteiger partial charge in [0.15, 0.2) is 0 Å². The first-order valence-corrected chi connectivity index (χ1v) is 4.21. The molecule has 0 aliphatic rings. The predicted octanol–water partition coefficient (Wildman–Crippen LogP) is 1.83. The van der Waals surface area contributed by atoms with Gasteiger partial charge in [0.05, 0.1) is 12.0 Å². The lowest BCUT2D eigenvalue weighted by molar-refractivity contribution is -0.722. The first-order chi connectivity index (χ1) is 5.13. The van der Waals surface area contributed by atoms with E-state index in [0.29, 0.717) is 12.0 Å². The lowest BCUT2D eigenvalue weighted by Crippen LogP contribution is -2.38. The Hall–Kier alpha value is -0.830. The van der Waals surface area contributed by atoms with Crippen molar-refractivity contribution in [1.29, 1.82) is 0 Å². The van der Waals surface area contributed by atoms with E-state index in [4.69, 9.17) is 0 Å². The zero-order valence-corrected chi connectivity index (χ0v) is 8.20. The molecule has 0 unspecified atom stereocenters. The maximum Gasteiger partial charge on any atom is 0.256 e. The first-order valence-electron chi connectivity index (χ1n) is 4.21. The Kier molecular flexibility index (Phi) is 3.96. The smallest absolute Gasteiger partial charge is 0.256 e. The highest BCUT2D eigenvalue weighted by molar-refractivity contribution is 4.84. The van der Waals surface area contributed by atoms with Crippen molar-refractivity contribution in [3.63, 3.8) is 0 Å². The second-order valence-electron chi connectivity index (χ2n) is 3.50. The molecule has 12 heavy (non-hydrogen) atoms. The molecular weight excluding hydrogens is 152 g/mol. The minimum Gasteiger partial charge on any atom is -0.870 e. The second-order valence-corrected chi connectivity index (χ2v) is 3.50. The molecule has 1 rings (SSSR count). The Morgan fingerprint density at radius 3 is 2.17 bits per heavy atom. The zero-order chi connectivity index (χ0) is 8.43. The van der Waals surface area contributed by atoms with Crippen molar-refractivity contribution in [1.82, 2.24) is 4.98 Å². The molecule has 0 fully saturated rings. The van der Waals surface area contributed by atoms with E-state index in [1.165, 1.54) is 5.82 Å².